The van der Waals surface area contributed by atoms with Crippen LogP contribution in [0.5, 0.6) is 11.5 Å². The van der Waals surface area contributed by atoms with Crippen LogP contribution in [0.2, 0.25) is 0 Å². The van der Waals surface area contributed by atoms with Crippen LogP contribution >= 0.6 is 0 Å². The molecular formula is C21H29NO5. The van der Waals surface area contributed by atoms with Gasteiger partial charge in [-0.1, -0.05) is 30.3 Å². The number of aliphatic hydroxyl groups excluding tert-OH is 1. The molecule has 2 aromatic carbocycles. The second-order valence-corrected chi connectivity index (χ2v) is 5.79. The smallest absolute Gasteiger partial charge is 0.120 e. The van der Waals surface area contributed by atoms with Crippen molar-refractivity contribution in [2.24, 2.45) is 0 Å². The summed E-state index contributed by atoms with van der Waals surface area (Å²) in [5.41, 5.74) is 1.14. The zero-order valence-electron chi connectivity index (χ0n) is 15.6. The zero-order chi connectivity index (χ0) is 19.0. The Kier molecular flexibility index (Phi) is 11.0. The van der Waals surface area contributed by atoms with Crippen molar-refractivity contribution in [3.05, 3.63) is 60.2 Å². The fourth-order valence-electron chi connectivity index (χ4n) is 2.27. The lowest BCUT2D eigenvalue weighted by Crippen LogP contribution is -2.25. The van der Waals surface area contributed by atoms with Gasteiger partial charge in [0, 0.05) is 13.1 Å². The van der Waals surface area contributed by atoms with Gasteiger partial charge in [0.1, 0.15) is 24.7 Å². The minimum absolute atomic E-state index is 0.0621. The van der Waals surface area contributed by atoms with Gasteiger partial charge in [0.15, 0.2) is 0 Å². The van der Waals surface area contributed by atoms with Crippen LogP contribution in [0.4, 0.5) is 0 Å². The van der Waals surface area contributed by atoms with Crippen molar-refractivity contribution in [3.8, 4) is 11.5 Å². The van der Waals surface area contributed by atoms with Crippen molar-refractivity contribution < 1.29 is 24.1 Å². The summed E-state index contributed by atoms with van der Waals surface area (Å²) in [5, 5.41) is 11.8. The van der Waals surface area contributed by atoms with Crippen molar-refractivity contribution in [3.63, 3.8) is 0 Å². The fraction of sp³-hybridized carbons (Fsp3) is 0.429. The van der Waals surface area contributed by atoms with E-state index in [0.717, 1.165) is 30.2 Å². The maximum Gasteiger partial charge on any atom is 0.120 e. The molecule has 27 heavy (non-hydrogen) atoms. The Labute approximate surface area is 161 Å². The van der Waals surface area contributed by atoms with Crippen molar-refractivity contribution in [2.45, 2.75) is 6.61 Å². The molecule has 6 nitrogen and oxygen atoms in total. The number of hydrogen-bond donors (Lipinski definition) is 2. The number of rotatable bonds is 15. The fourth-order valence-corrected chi connectivity index (χ4v) is 2.27. The normalized spacial score (nSPS) is 10.7. The van der Waals surface area contributed by atoms with Gasteiger partial charge in [-0.05, 0) is 29.8 Å². The Balaban J connectivity index is 1.48. The van der Waals surface area contributed by atoms with Crippen LogP contribution in [-0.2, 0) is 16.1 Å². The van der Waals surface area contributed by atoms with E-state index in [0.29, 0.717) is 39.6 Å². The summed E-state index contributed by atoms with van der Waals surface area (Å²) in [6.07, 6.45) is 0. The zero-order valence-corrected chi connectivity index (χ0v) is 15.6. The quantitative estimate of drug-likeness (QED) is 0.466. The van der Waals surface area contributed by atoms with Crippen molar-refractivity contribution in [2.75, 3.05) is 52.7 Å². The molecule has 148 valence electrons. The molecule has 0 spiro atoms. The third-order valence-corrected chi connectivity index (χ3v) is 3.65. The molecule has 0 bridgehead atoms. The first-order chi connectivity index (χ1) is 13.4. The van der Waals surface area contributed by atoms with Crippen LogP contribution in [0, 0.1) is 0 Å². The van der Waals surface area contributed by atoms with E-state index in [2.05, 4.69) is 5.32 Å². The number of nitrogens with one attached hydrogen (secondary N) is 1. The van der Waals surface area contributed by atoms with Gasteiger partial charge >= 0.3 is 0 Å². The van der Waals surface area contributed by atoms with Gasteiger partial charge in [0.2, 0.25) is 0 Å². The van der Waals surface area contributed by atoms with Crippen LogP contribution in [-0.4, -0.2) is 57.8 Å². The van der Waals surface area contributed by atoms with Gasteiger partial charge in [0.05, 0.1) is 33.0 Å². The average Bonchev–Trinajstić information content (AvgIpc) is 2.72. The average molecular weight is 375 g/mol. The number of hydrogen-bond acceptors (Lipinski definition) is 6. The first-order valence-electron chi connectivity index (χ1n) is 9.25. The van der Waals surface area contributed by atoms with Gasteiger partial charge in [-0.15, -0.1) is 0 Å². The summed E-state index contributed by atoms with van der Waals surface area (Å²) >= 11 is 0. The molecule has 0 saturated carbocycles. The highest BCUT2D eigenvalue weighted by atomic mass is 16.5. The third-order valence-electron chi connectivity index (χ3n) is 3.65. The molecule has 0 saturated heterocycles. The van der Waals surface area contributed by atoms with Crippen LogP contribution in [0.3, 0.4) is 0 Å². The molecule has 0 radical (unpaired) electrons. The van der Waals surface area contributed by atoms with Gasteiger partial charge < -0.3 is 29.4 Å². The number of benzene rings is 2. The molecular weight excluding hydrogens is 346 g/mol. The summed E-state index contributed by atoms with van der Waals surface area (Å²) in [7, 11) is 0. The lowest BCUT2D eigenvalue weighted by molar-refractivity contribution is 0.0864. The highest BCUT2D eigenvalue weighted by molar-refractivity contribution is 5.31. The molecule has 0 atom stereocenters. The predicted molar refractivity (Wildman–Crippen MR) is 104 cm³/mol. The third kappa shape index (κ3) is 9.96. The summed E-state index contributed by atoms with van der Waals surface area (Å²) in [5.74, 6) is 1.61. The van der Waals surface area contributed by atoms with E-state index < -0.39 is 0 Å². The lowest BCUT2D eigenvalue weighted by Gasteiger charge is -2.10. The molecule has 2 rings (SSSR count). The maximum absolute atomic E-state index is 8.57. The van der Waals surface area contributed by atoms with Crippen molar-refractivity contribution in [1.82, 2.24) is 5.32 Å². The van der Waals surface area contributed by atoms with Gasteiger partial charge in [-0.3, -0.25) is 0 Å². The van der Waals surface area contributed by atoms with Crippen LogP contribution < -0.4 is 14.8 Å². The predicted octanol–water partition coefficient (Wildman–Crippen LogP) is 2.26. The highest BCUT2D eigenvalue weighted by Gasteiger charge is 1.98. The topological polar surface area (TPSA) is 69.2 Å². The Morgan fingerprint density at radius 3 is 1.96 bits per heavy atom. The summed E-state index contributed by atoms with van der Waals surface area (Å²) < 4.78 is 22.0. The minimum atomic E-state index is 0.0621. The van der Waals surface area contributed by atoms with E-state index in [1.54, 1.807) is 0 Å². The van der Waals surface area contributed by atoms with Crippen LogP contribution in [0.1, 0.15) is 5.56 Å². The largest absolute Gasteiger partial charge is 0.491 e. The monoisotopic (exact) mass is 375 g/mol. The second-order valence-electron chi connectivity index (χ2n) is 5.79. The molecule has 0 unspecified atom stereocenters. The van der Waals surface area contributed by atoms with Crippen LogP contribution in [0.15, 0.2) is 54.6 Å². The first kappa shape index (κ1) is 21.2. The summed E-state index contributed by atoms with van der Waals surface area (Å²) in [4.78, 5) is 0. The molecule has 0 aromatic heterocycles. The van der Waals surface area contributed by atoms with E-state index in [1.165, 1.54) is 0 Å². The highest BCUT2D eigenvalue weighted by Crippen LogP contribution is 2.18. The Hall–Kier alpha value is -2.12. The summed E-state index contributed by atoms with van der Waals surface area (Å²) in [6, 6.07) is 17.7. The molecule has 0 aliphatic heterocycles. The Morgan fingerprint density at radius 1 is 0.667 bits per heavy atom. The minimum Gasteiger partial charge on any atom is -0.491 e. The van der Waals surface area contributed by atoms with E-state index >= 15 is 0 Å². The van der Waals surface area contributed by atoms with E-state index in [4.69, 9.17) is 24.1 Å². The van der Waals surface area contributed by atoms with Crippen LogP contribution in [0.25, 0.3) is 0 Å². The Bertz CT molecular complexity index is 591. The van der Waals surface area contributed by atoms with E-state index in [-0.39, 0.29) is 6.61 Å². The number of aliphatic hydroxyl groups is 1. The van der Waals surface area contributed by atoms with E-state index in [9.17, 15) is 0 Å². The standard InChI is InChI=1S/C21H29NO5/c23-12-15-24-13-10-22-11-14-25-16-17-26-20-6-8-21(9-7-20)27-18-19-4-2-1-3-5-19/h1-9,22-23H,10-18H2. The molecule has 6 heteroatoms. The van der Waals surface area contributed by atoms with E-state index in [1.807, 2.05) is 54.6 Å². The van der Waals surface area contributed by atoms with Crippen molar-refractivity contribution in [1.29, 1.82) is 0 Å². The first-order valence-corrected chi connectivity index (χ1v) is 9.25. The molecule has 2 aromatic rings. The second kappa shape index (κ2) is 14.0. The van der Waals surface area contributed by atoms with Crippen molar-refractivity contribution >= 4 is 0 Å². The van der Waals surface area contributed by atoms with Gasteiger partial charge in [-0.2, -0.15) is 0 Å². The molecule has 0 fully saturated rings. The molecule has 0 amide bonds. The molecule has 0 heterocycles. The molecule has 2 N–H and O–H groups in total. The van der Waals surface area contributed by atoms with Gasteiger partial charge in [0.25, 0.3) is 0 Å². The Morgan fingerprint density at radius 2 is 1.30 bits per heavy atom. The molecule has 0 aliphatic rings. The lowest BCUT2D eigenvalue weighted by atomic mass is 10.2. The van der Waals surface area contributed by atoms with Gasteiger partial charge in [-0.25, -0.2) is 0 Å². The molecule has 0 aliphatic carbocycles. The summed E-state index contributed by atoms with van der Waals surface area (Å²) in [6.45, 7) is 4.76. The maximum atomic E-state index is 8.57. The SMILES string of the molecule is OCCOCCNCCOCCOc1ccc(OCc2ccccc2)cc1. The number of ether oxygens (including phenoxy) is 4.